The van der Waals surface area contributed by atoms with Crippen LogP contribution in [-0.4, -0.2) is 31.1 Å². The smallest absolute Gasteiger partial charge is 0.0711 e. The number of rotatable bonds is 4. The van der Waals surface area contributed by atoms with Gasteiger partial charge in [-0.2, -0.15) is 0 Å². The molecule has 0 aromatic heterocycles. The van der Waals surface area contributed by atoms with Crippen molar-refractivity contribution in [2.75, 3.05) is 25.0 Å². The minimum atomic E-state index is 0.485. The predicted molar refractivity (Wildman–Crippen MR) is 45.6 cm³/mol. The molecular weight excluding hydrogens is 194 g/mol. The Morgan fingerprint density at radius 2 is 2.50 bits per heavy atom. The first kappa shape index (κ1) is 8.50. The molecule has 1 aliphatic heterocycles. The molecule has 1 aliphatic rings. The standard InChI is InChI=1S/C7H14BrNO/c8-3-1-5-10-7-2-4-9-6-7/h7,9H,1-6H2. The Kier molecular flexibility index (Phi) is 4.34. The van der Waals surface area contributed by atoms with Crippen molar-refractivity contribution < 1.29 is 4.74 Å². The molecule has 3 heteroatoms. The molecule has 1 fully saturated rings. The van der Waals surface area contributed by atoms with E-state index in [-0.39, 0.29) is 0 Å². The van der Waals surface area contributed by atoms with Gasteiger partial charge >= 0.3 is 0 Å². The fourth-order valence-electron chi connectivity index (χ4n) is 1.07. The van der Waals surface area contributed by atoms with E-state index in [1.165, 1.54) is 6.42 Å². The molecule has 0 spiro atoms. The first-order chi connectivity index (χ1) is 4.93. The van der Waals surface area contributed by atoms with Gasteiger partial charge in [0.15, 0.2) is 0 Å². The number of alkyl halides is 1. The highest BCUT2D eigenvalue weighted by molar-refractivity contribution is 9.09. The van der Waals surface area contributed by atoms with Crippen molar-refractivity contribution in [3.05, 3.63) is 0 Å². The van der Waals surface area contributed by atoms with Crippen LogP contribution < -0.4 is 5.32 Å². The molecule has 1 N–H and O–H groups in total. The highest BCUT2D eigenvalue weighted by Gasteiger charge is 2.13. The molecule has 60 valence electrons. The largest absolute Gasteiger partial charge is 0.377 e. The van der Waals surface area contributed by atoms with Crippen molar-refractivity contribution in [2.24, 2.45) is 0 Å². The highest BCUT2D eigenvalue weighted by Crippen LogP contribution is 2.03. The van der Waals surface area contributed by atoms with E-state index in [9.17, 15) is 0 Å². The summed E-state index contributed by atoms with van der Waals surface area (Å²) in [6.45, 7) is 3.07. The minimum absolute atomic E-state index is 0.485. The van der Waals surface area contributed by atoms with Crippen LogP contribution in [0.5, 0.6) is 0 Å². The maximum atomic E-state index is 5.55. The van der Waals surface area contributed by atoms with Crippen molar-refractivity contribution in [3.63, 3.8) is 0 Å². The molecule has 0 aliphatic carbocycles. The summed E-state index contributed by atoms with van der Waals surface area (Å²) in [5, 5.41) is 4.31. The van der Waals surface area contributed by atoms with Gasteiger partial charge in [-0.3, -0.25) is 0 Å². The maximum absolute atomic E-state index is 5.55. The molecule has 10 heavy (non-hydrogen) atoms. The van der Waals surface area contributed by atoms with E-state index in [0.29, 0.717) is 6.10 Å². The molecule has 1 atom stereocenters. The average molecular weight is 208 g/mol. The Hall–Kier alpha value is 0.400. The second-order valence-electron chi connectivity index (χ2n) is 2.53. The van der Waals surface area contributed by atoms with Crippen LogP contribution in [0.2, 0.25) is 0 Å². The second kappa shape index (κ2) is 5.10. The summed E-state index contributed by atoms with van der Waals surface area (Å²) in [5.41, 5.74) is 0. The van der Waals surface area contributed by atoms with Gasteiger partial charge in [0.1, 0.15) is 0 Å². The topological polar surface area (TPSA) is 21.3 Å². The van der Waals surface area contributed by atoms with Crippen LogP contribution in [0.25, 0.3) is 0 Å². The summed E-state index contributed by atoms with van der Waals surface area (Å²) >= 11 is 3.36. The molecule has 1 heterocycles. The van der Waals surface area contributed by atoms with E-state index in [0.717, 1.165) is 31.4 Å². The van der Waals surface area contributed by atoms with Crippen LogP contribution in [-0.2, 0) is 4.74 Å². The van der Waals surface area contributed by atoms with E-state index in [1.807, 2.05) is 0 Å². The molecule has 0 bridgehead atoms. The number of hydrogen-bond acceptors (Lipinski definition) is 2. The number of hydrogen-bond donors (Lipinski definition) is 1. The Morgan fingerprint density at radius 1 is 1.60 bits per heavy atom. The fraction of sp³-hybridized carbons (Fsp3) is 1.00. The third-order valence-electron chi connectivity index (χ3n) is 1.65. The monoisotopic (exact) mass is 207 g/mol. The Labute approximate surface area is 70.5 Å². The highest BCUT2D eigenvalue weighted by atomic mass is 79.9. The third kappa shape index (κ3) is 2.99. The Balaban J connectivity index is 1.91. The molecular formula is C7H14BrNO. The molecule has 0 amide bonds. The van der Waals surface area contributed by atoms with E-state index < -0.39 is 0 Å². The molecule has 0 radical (unpaired) electrons. The van der Waals surface area contributed by atoms with E-state index in [1.54, 1.807) is 0 Å². The van der Waals surface area contributed by atoms with Gasteiger partial charge in [0, 0.05) is 18.5 Å². The van der Waals surface area contributed by atoms with Crippen LogP contribution in [0, 0.1) is 0 Å². The fourth-order valence-corrected chi connectivity index (χ4v) is 1.30. The number of nitrogens with one attached hydrogen (secondary N) is 1. The van der Waals surface area contributed by atoms with Crippen LogP contribution in [0.1, 0.15) is 12.8 Å². The van der Waals surface area contributed by atoms with Gasteiger partial charge in [-0.25, -0.2) is 0 Å². The van der Waals surface area contributed by atoms with Gasteiger partial charge in [-0.15, -0.1) is 0 Å². The molecule has 0 saturated carbocycles. The first-order valence-corrected chi connectivity index (χ1v) is 4.94. The molecule has 0 aromatic rings. The summed E-state index contributed by atoms with van der Waals surface area (Å²) in [5.74, 6) is 0. The first-order valence-electron chi connectivity index (χ1n) is 3.82. The Bertz CT molecular complexity index is 83.7. The molecule has 1 rings (SSSR count). The lowest BCUT2D eigenvalue weighted by molar-refractivity contribution is 0.0683. The quantitative estimate of drug-likeness (QED) is 0.552. The van der Waals surface area contributed by atoms with Crippen LogP contribution in [0.3, 0.4) is 0 Å². The summed E-state index contributed by atoms with van der Waals surface area (Å²) in [4.78, 5) is 0. The summed E-state index contributed by atoms with van der Waals surface area (Å²) in [6, 6.07) is 0. The normalized spacial score (nSPS) is 25.5. The van der Waals surface area contributed by atoms with Crippen molar-refractivity contribution in [1.29, 1.82) is 0 Å². The lowest BCUT2D eigenvalue weighted by Gasteiger charge is -2.08. The van der Waals surface area contributed by atoms with Gasteiger partial charge in [-0.1, -0.05) is 15.9 Å². The van der Waals surface area contributed by atoms with Crippen molar-refractivity contribution in [1.82, 2.24) is 5.32 Å². The van der Waals surface area contributed by atoms with Gasteiger partial charge in [0.2, 0.25) is 0 Å². The lowest BCUT2D eigenvalue weighted by Crippen LogP contribution is -2.17. The van der Waals surface area contributed by atoms with Gasteiger partial charge in [-0.05, 0) is 19.4 Å². The van der Waals surface area contributed by atoms with Crippen LogP contribution in [0.15, 0.2) is 0 Å². The van der Waals surface area contributed by atoms with Gasteiger partial charge < -0.3 is 10.1 Å². The molecule has 1 unspecified atom stereocenters. The SMILES string of the molecule is BrCCCOC1CCNC1. The van der Waals surface area contributed by atoms with Crippen molar-refractivity contribution >= 4 is 15.9 Å². The average Bonchev–Trinajstić information content (AvgIpc) is 2.41. The van der Waals surface area contributed by atoms with E-state index >= 15 is 0 Å². The van der Waals surface area contributed by atoms with E-state index in [2.05, 4.69) is 21.2 Å². The van der Waals surface area contributed by atoms with Gasteiger partial charge in [0.05, 0.1) is 6.10 Å². The lowest BCUT2D eigenvalue weighted by atomic mass is 10.3. The predicted octanol–water partition coefficient (Wildman–Crippen LogP) is 1.15. The zero-order chi connectivity index (χ0) is 7.23. The van der Waals surface area contributed by atoms with Crippen molar-refractivity contribution in [3.8, 4) is 0 Å². The van der Waals surface area contributed by atoms with Crippen LogP contribution in [0.4, 0.5) is 0 Å². The zero-order valence-electron chi connectivity index (χ0n) is 6.11. The summed E-state index contributed by atoms with van der Waals surface area (Å²) in [7, 11) is 0. The number of halogens is 1. The van der Waals surface area contributed by atoms with E-state index in [4.69, 9.17) is 4.74 Å². The minimum Gasteiger partial charge on any atom is -0.377 e. The number of ether oxygens (including phenoxy) is 1. The maximum Gasteiger partial charge on any atom is 0.0711 e. The third-order valence-corrected chi connectivity index (χ3v) is 2.21. The second-order valence-corrected chi connectivity index (χ2v) is 3.32. The Morgan fingerprint density at radius 3 is 3.10 bits per heavy atom. The van der Waals surface area contributed by atoms with Crippen LogP contribution >= 0.6 is 15.9 Å². The molecule has 2 nitrogen and oxygen atoms in total. The van der Waals surface area contributed by atoms with Crippen molar-refractivity contribution in [2.45, 2.75) is 18.9 Å². The molecule has 1 saturated heterocycles. The summed E-state index contributed by atoms with van der Waals surface area (Å²) in [6.07, 6.45) is 2.79. The summed E-state index contributed by atoms with van der Waals surface area (Å²) < 4.78 is 5.55. The van der Waals surface area contributed by atoms with Gasteiger partial charge in [0.25, 0.3) is 0 Å². The molecule has 0 aromatic carbocycles. The zero-order valence-corrected chi connectivity index (χ0v) is 7.69.